The summed E-state index contributed by atoms with van der Waals surface area (Å²) in [7, 11) is 1.69. The summed E-state index contributed by atoms with van der Waals surface area (Å²) in [5.41, 5.74) is 3.25. The van der Waals surface area contributed by atoms with Crippen molar-refractivity contribution in [1.82, 2.24) is 28.7 Å². The third kappa shape index (κ3) is 2.64. The summed E-state index contributed by atoms with van der Waals surface area (Å²) in [6.07, 6.45) is 3.30. The second-order valence-corrected chi connectivity index (χ2v) is 17.7. The highest BCUT2D eigenvalue weighted by atomic mass is 19.1. The average molecular weight is 685 g/mol. The van der Waals surface area contributed by atoms with Gasteiger partial charge in [-0.05, 0) is 111 Å². The van der Waals surface area contributed by atoms with Crippen molar-refractivity contribution in [3.8, 4) is 11.5 Å². The van der Waals surface area contributed by atoms with Crippen LogP contribution in [-0.2, 0) is 26.2 Å². The second-order valence-electron chi connectivity index (χ2n) is 17.7. The monoisotopic (exact) mass is 684 g/mol. The number of carbonyl (C=O) groups excluding carboxylic acids is 1. The summed E-state index contributed by atoms with van der Waals surface area (Å²) >= 11 is 0. The molecule has 1 amide bonds. The van der Waals surface area contributed by atoms with E-state index in [0.29, 0.717) is 95.1 Å². The van der Waals surface area contributed by atoms with E-state index in [1.165, 1.54) is 0 Å². The van der Waals surface area contributed by atoms with Gasteiger partial charge in [0.15, 0.2) is 0 Å². The lowest BCUT2D eigenvalue weighted by molar-refractivity contribution is -0.404. The number of hydrogen-bond donors (Lipinski definition) is 1. The SMILES string of the molecule is COCCN(C(C)=O)C12C3C4C35C1C13C2C1C4(n1ccn(-c2c4c(nn2-c2cc(C)c(F)c(C)c2)CCN(C(O)OC(C)(C)C)[C@H]4C)c1=O)C53. The van der Waals surface area contributed by atoms with Crippen LogP contribution in [0.3, 0.4) is 0 Å². The molecule has 1 aromatic carbocycles. The van der Waals surface area contributed by atoms with Crippen molar-refractivity contribution < 1.29 is 23.8 Å². The van der Waals surface area contributed by atoms with Gasteiger partial charge in [0.2, 0.25) is 12.3 Å². The molecule has 2 spiro atoms. The lowest BCUT2D eigenvalue weighted by Crippen LogP contribution is -2.92. The number of halogens is 1. The molecule has 11 nitrogen and oxygen atoms in total. The molecule has 0 bridgehead atoms. The largest absolute Gasteiger partial charge is 0.383 e. The fraction of sp³-hybridized carbons (Fsp3) is 0.658. The molecule has 7 fully saturated rings. The van der Waals surface area contributed by atoms with Gasteiger partial charge in [0.05, 0.1) is 34.7 Å². The number of hydrogen-bond acceptors (Lipinski definition) is 7. The minimum Gasteiger partial charge on any atom is -0.383 e. The van der Waals surface area contributed by atoms with E-state index in [-0.39, 0.29) is 34.5 Å². The summed E-state index contributed by atoms with van der Waals surface area (Å²) in [6.45, 7) is 14.7. The second kappa shape index (κ2) is 8.48. The quantitative estimate of drug-likeness (QED) is 0.345. The van der Waals surface area contributed by atoms with Gasteiger partial charge in [-0.1, -0.05) is 0 Å². The fourth-order valence-corrected chi connectivity index (χ4v) is 14.8. The average Bonchev–Trinajstić information content (AvgIpc) is 3.80. The Morgan fingerprint density at radius 2 is 1.78 bits per heavy atom. The van der Waals surface area contributed by atoms with Gasteiger partial charge in [-0.25, -0.2) is 18.8 Å². The smallest absolute Gasteiger partial charge is 0.334 e. The molecular weight excluding hydrogens is 639 g/mol. The lowest BCUT2D eigenvalue weighted by atomic mass is 9.19. The molecule has 3 heterocycles. The number of ether oxygens (including phenoxy) is 2. The first-order chi connectivity index (χ1) is 23.7. The van der Waals surface area contributed by atoms with E-state index in [9.17, 15) is 19.1 Å². The Labute approximate surface area is 289 Å². The Bertz CT molecular complexity index is 2110. The number of aromatic nitrogens is 4. The molecule has 1 aliphatic heterocycles. The van der Waals surface area contributed by atoms with Crippen LogP contribution < -0.4 is 5.69 Å². The first kappa shape index (κ1) is 30.3. The van der Waals surface area contributed by atoms with Crippen LogP contribution in [0.15, 0.2) is 29.3 Å². The molecule has 0 radical (unpaired) electrons. The van der Waals surface area contributed by atoms with Crippen LogP contribution in [0.4, 0.5) is 4.39 Å². The molecule has 1 N–H and O–H groups in total. The number of aryl methyl sites for hydroxylation is 2. The first-order valence-electron chi connectivity index (χ1n) is 18.3. The van der Waals surface area contributed by atoms with E-state index < -0.39 is 12.0 Å². The van der Waals surface area contributed by atoms with Crippen LogP contribution in [0.2, 0.25) is 0 Å². The van der Waals surface area contributed by atoms with Crippen molar-refractivity contribution in [2.75, 3.05) is 26.8 Å². The van der Waals surface area contributed by atoms with Crippen LogP contribution in [-0.4, -0.2) is 84.1 Å². The Hall–Kier alpha value is -3.32. The molecule has 8 atom stereocenters. The van der Waals surface area contributed by atoms with Crippen molar-refractivity contribution in [2.24, 2.45) is 46.3 Å². The van der Waals surface area contributed by atoms with Gasteiger partial charge in [0, 0.05) is 57.5 Å². The maximum Gasteiger partial charge on any atom is 0.334 e. The number of methoxy groups -OCH3 is 1. The number of aliphatic hydroxyl groups excluding tert-OH is 1. The first-order valence-corrected chi connectivity index (χ1v) is 18.3. The van der Waals surface area contributed by atoms with E-state index >= 15 is 0 Å². The van der Waals surface area contributed by atoms with E-state index in [2.05, 4.69) is 9.47 Å². The number of amides is 1. The number of aliphatic hydroxyl groups is 1. The highest BCUT2D eigenvalue weighted by molar-refractivity contribution is 5.84. The van der Waals surface area contributed by atoms with Gasteiger partial charge in [-0.15, -0.1) is 0 Å². The van der Waals surface area contributed by atoms with Crippen LogP contribution in [0.5, 0.6) is 0 Å². The molecule has 11 rings (SSSR count). The Morgan fingerprint density at radius 3 is 2.38 bits per heavy atom. The summed E-state index contributed by atoms with van der Waals surface area (Å²) in [6, 6.07) is 3.26. The third-order valence-electron chi connectivity index (χ3n) is 15.2. The topological polar surface area (TPSA) is 107 Å². The molecule has 3 aromatic rings. The molecular formula is C38H45FN6O5. The minimum absolute atomic E-state index is 0.0206. The molecule has 2 aromatic heterocycles. The number of fused-ring (bicyclic) bond motifs is 7. The predicted octanol–water partition coefficient (Wildman–Crippen LogP) is 3.28. The zero-order chi connectivity index (χ0) is 35.0. The lowest BCUT2D eigenvalue weighted by Gasteiger charge is -2.87. The Kier molecular flexibility index (Phi) is 5.14. The Morgan fingerprint density at radius 1 is 1.12 bits per heavy atom. The maximum absolute atomic E-state index is 14.9. The predicted molar refractivity (Wildman–Crippen MR) is 178 cm³/mol. The summed E-state index contributed by atoms with van der Waals surface area (Å²) in [5, 5.41) is 16.3. The van der Waals surface area contributed by atoms with Crippen LogP contribution in [0.1, 0.15) is 63.0 Å². The van der Waals surface area contributed by atoms with Gasteiger partial charge in [-0.3, -0.25) is 13.9 Å². The number of carbonyl (C=O) groups is 1. The van der Waals surface area contributed by atoms with Gasteiger partial charge in [0.25, 0.3) is 0 Å². The van der Waals surface area contributed by atoms with Crippen molar-refractivity contribution >= 4 is 5.91 Å². The summed E-state index contributed by atoms with van der Waals surface area (Å²) in [5.74, 6) is 3.49. The van der Waals surface area contributed by atoms with Crippen molar-refractivity contribution in [1.29, 1.82) is 0 Å². The van der Waals surface area contributed by atoms with Crippen LogP contribution in [0.25, 0.3) is 11.5 Å². The van der Waals surface area contributed by atoms with E-state index in [0.717, 1.165) is 11.3 Å². The minimum atomic E-state index is -1.14. The van der Waals surface area contributed by atoms with Gasteiger partial charge in [0.1, 0.15) is 11.6 Å². The number of imidazole rings is 1. The van der Waals surface area contributed by atoms with Gasteiger partial charge < -0.3 is 19.5 Å². The number of nitrogens with zero attached hydrogens (tertiary/aromatic N) is 6. The van der Waals surface area contributed by atoms with E-state index in [4.69, 9.17) is 14.6 Å². The van der Waals surface area contributed by atoms with Crippen molar-refractivity contribution in [2.45, 2.75) is 84.0 Å². The number of benzene rings is 1. The summed E-state index contributed by atoms with van der Waals surface area (Å²) < 4.78 is 31.9. The molecule has 50 heavy (non-hydrogen) atoms. The van der Waals surface area contributed by atoms with Crippen LogP contribution in [0, 0.1) is 66.0 Å². The third-order valence-corrected chi connectivity index (χ3v) is 15.2. The number of rotatable bonds is 9. The molecule has 7 saturated carbocycles. The van der Waals surface area contributed by atoms with Gasteiger partial charge in [-0.2, -0.15) is 5.10 Å². The van der Waals surface area contributed by atoms with Crippen molar-refractivity contribution in [3.05, 3.63) is 63.2 Å². The van der Waals surface area contributed by atoms with Crippen molar-refractivity contribution in [3.63, 3.8) is 0 Å². The molecule has 7 unspecified atom stereocenters. The van der Waals surface area contributed by atoms with E-state index in [1.807, 2.05) is 45.0 Å². The fourth-order valence-electron chi connectivity index (χ4n) is 14.8. The molecule has 264 valence electrons. The summed E-state index contributed by atoms with van der Waals surface area (Å²) in [4.78, 5) is 32.0. The Balaban J connectivity index is 1.02. The van der Waals surface area contributed by atoms with Gasteiger partial charge >= 0.3 is 5.69 Å². The highest BCUT2D eigenvalue weighted by Gasteiger charge is 3.31. The highest BCUT2D eigenvalue weighted by Crippen LogP contribution is 3.28. The molecule has 0 saturated heterocycles. The van der Waals surface area contributed by atoms with E-state index in [1.54, 1.807) is 49.3 Å². The standard InChI is InChI=1S/C38H45FN6O5/c1-17-15-21(16-18(2)24(17)39)45-29(23-19(3)41(10-9-22(23)40-45)33(48)50-34(5,6)7)42-11-12-44(32(42)47)38-27-25-35(27)30-36(31(35)38)26(28(36)38)37(25,30)43(20(4)46)13-14-49-8/h11-12,15-16,19,25-28,30-31,33,48H,9-10,13-14H2,1-8H3/t19-,25?,26?,27?,28?,30?,31?,33?,35?,36?,37?,38?/m0/s1. The molecule has 7 aliphatic carbocycles. The zero-order valence-corrected chi connectivity index (χ0v) is 29.9. The van der Waals surface area contributed by atoms with Crippen LogP contribution >= 0.6 is 0 Å². The molecule has 8 aliphatic rings. The maximum atomic E-state index is 14.9. The molecule has 12 heteroatoms. The zero-order valence-electron chi connectivity index (χ0n) is 29.9. The normalized spacial score (nSPS) is 41.7.